The van der Waals surface area contributed by atoms with Gasteiger partial charge in [-0.2, -0.15) is 0 Å². The van der Waals surface area contributed by atoms with Crippen LogP contribution in [0.2, 0.25) is 5.02 Å². The van der Waals surface area contributed by atoms with E-state index in [1.807, 2.05) is 0 Å². The molecule has 0 aliphatic rings. The molecule has 0 aliphatic heterocycles. The highest BCUT2D eigenvalue weighted by Gasteiger charge is 2.11. The normalized spacial score (nSPS) is 9.58. The van der Waals surface area contributed by atoms with E-state index in [2.05, 4.69) is 21.2 Å². The van der Waals surface area contributed by atoms with Crippen molar-refractivity contribution >= 4 is 33.4 Å². The molecule has 1 rings (SSSR count). The van der Waals surface area contributed by atoms with Crippen molar-refractivity contribution in [2.24, 2.45) is 0 Å². The fourth-order valence-electron chi connectivity index (χ4n) is 0.840. The molecule has 0 unspecified atom stereocenters. The van der Waals surface area contributed by atoms with E-state index in [0.717, 1.165) is 0 Å². The Kier molecular flexibility index (Phi) is 3.12. The molecule has 0 radical (unpaired) electrons. The van der Waals surface area contributed by atoms with Gasteiger partial charge in [-0.1, -0.05) is 17.7 Å². The van der Waals surface area contributed by atoms with Gasteiger partial charge in [0.15, 0.2) is 0 Å². The molecule has 12 heavy (non-hydrogen) atoms. The summed E-state index contributed by atoms with van der Waals surface area (Å²) in [6.45, 7) is 0. The fourth-order valence-corrected chi connectivity index (χ4v) is 1.76. The van der Waals surface area contributed by atoms with E-state index in [1.165, 1.54) is 0 Å². The highest BCUT2D eigenvalue weighted by molar-refractivity contribution is 9.10. The van der Waals surface area contributed by atoms with Crippen molar-refractivity contribution in [1.29, 1.82) is 0 Å². The molecule has 0 atom stereocenters. The van der Waals surface area contributed by atoms with Gasteiger partial charge < -0.3 is 5.32 Å². The van der Waals surface area contributed by atoms with Crippen LogP contribution >= 0.6 is 27.5 Å². The van der Waals surface area contributed by atoms with Gasteiger partial charge in [-0.25, -0.2) is 0 Å². The van der Waals surface area contributed by atoms with Crippen LogP contribution in [0.15, 0.2) is 22.7 Å². The minimum absolute atomic E-state index is 0.188. The van der Waals surface area contributed by atoms with Crippen molar-refractivity contribution in [3.8, 4) is 0 Å². The van der Waals surface area contributed by atoms with Crippen molar-refractivity contribution in [3.05, 3.63) is 33.3 Å². The van der Waals surface area contributed by atoms with Crippen molar-refractivity contribution in [2.45, 2.75) is 0 Å². The van der Waals surface area contributed by atoms with Gasteiger partial charge in [0, 0.05) is 11.5 Å². The lowest BCUT2D eigenvalue weighted by molar-refractivity contribution is 0.0962. The van der Waals surface area contributed by atoms with Crippen LogP contribution in [0.3, 0.4) is 0 Å². The molecule has 0 saturated heterocycles. The molecule has 1 aromatic rings. The summed E-state index contributed by atoms with van der Waals surface area (Å²) in [7, 11) is 1.57. The number of carbonyl (C=O) groups excluding carboxylic acids is 1. The number of carbonyl (C=O) groups is 1. The summed E-state index contributed by atoms with van der Waals surface area (Å²) in [5, 5.41) is 2.96. The number of hydrogen-bond donors (Lipinski definition) is 1. The predicted octanol–water partition coefficient (Wildman–Crippen LogP) is 2.46. The Bertz CT molecular complexity index is 294. The summed E-state index contributed by atoms with van der Waals surface area (Å²) in [6, 6.07) is 5.23. The molecule has 0 aliphatic carbocycles. The zero-order valence-electron chi connectivity index (χ0n) is 6.40. The molecule has 0 bridgehead atoms. The van der Waals surface area contributed by atoms with Gasteiger partial charge in [0.25, 0.3) is 5.91 Å². The molecule has 1 amide bonds. The molecule has 0 heterocycles. The monoisotopic (exact) mass is 247 g/mol. The number of benzene rings is 1. The Morgan fingerprint density at radius 3 is 2.75 bits per heavy atom. The maximum atomic E-state index is 11.2. The number of rotatable bonds is 1. The maximum absolute atomic E-state index is 11.2. The van der Waals surface area contributed by atoms with Crippen molar-refractivity contribution in [3.63, 3.8) is 0 Å². The topological polar surface area (TPSA) is 29.1 Å². The standard InChI is InChI=1S/C8H7BrClNO/c1-11-8(12)7-5(9)3-2-4-6(7)10/h2-4H,1H3,(H,11,12). The molecular weight excluding hydrogens is 241 g/mol. The molecule has 0 saturated carbocycles. The van der Waals surface area contributed by atoms with Crippen LogP contribution in [0, 0.1) is 0 Å². The third-order valence-electron chi connectivity index (χ3n) is 1.42. The first kappa shape index (κ1) is 9.55. The largest absolute Gasteiger partial charge is 0.355 e. The van der Waals surface area contributed by atoms with Crippen molar-refractivity contribution < 1.29 is 4.79 Å². The highest BCUT2D eigenvalue weighted by atomic mass is 79.9. The highest BCUT2D eigenvalue weighted by Crippen LogP contribution is 2.24. The first-order valence-electron chi connectivity index (χ1n) is 3.33. The van der Waals surface area contributed by atoms with Gasteiger partial charge in [-0.15, -0.1) is 0 Å². The Balaban J connectivity index is 3.21. The van der Waals surface area contributed by atoms with Crippen LogP contribution in [0.4, 0.5) is 0 Å². The van der Waals surface area contributed by atoms with E-state index in [0.29, 0.717) is 15.1 Å². The fraction of sp³-hybridized carbons (Fsp3) is 0.125. The summed E-state index contributed by atoms with van der Waals surface area (Å²) >= 11 is 9.06. The zero-order chi connectivity index (χ0) is 9.14. The van der Waals surface area contributed by atoms with Gasteiger partial charge in [-0.3, -0.25) is 4.79 Å². The average molecular weight is 249 g/mol. The first-order valence-corrected chi connectivity index (χ1v) is 4.50. The molecule has 2 nitrogen and oxygen atoms in total. The Morgan fingerprint density at radius 1 is 1.58 bits per heavy atom. The summed E-state index contributed by atoms with van der Waals surface area (Å²) in [6.07, 6.45) is 0. The molecule has 64 valence electrons. The zero-order valence-corrected chi connectivity index (χ0v) is 8.74. The van der Waals surface area contributed by atoms with Gasteiger partial charge in [0.2, 0.25) is 0 Å². The van der Waals surface area contributed by atoms with Crippen LogP contribution in [0.5, 0.6) is 0 Å². The minimum Gasteiger partial charge on any atom is -0.355 e. The van der Waals surface area contributed by atoms with Crippen molar-refractivity contribution in [1.82, 2.24) is 5.32 Å². The molecular formula is C8H7BrClNO. The summed E-state index contributed by atoms with van der Waals surface area (Å²) in [4.78, 5) is 11.2. The second-order valence-electron chi connectivity index (χ2n) is 2.18. The van der Waals surface area contributed by atoms with E-state index < -0.39 is 0 Å². The molecule has 0 aromatic heterocycles. The molecule has 1 aromatic carbocycles. The van der Waals surface area contributed by atoms with Gasteiger partial charge in [0.1, 0.15) is 0 Å². The third-order valence-corrected chi connectivity index (χ3v) is 2.39. The van der Waals surface area contributed by atoms with Crippen LogP contribution in [0.1, 0.15) is 10.4 Å². The minimum atomic E-state index is -0.188. The smallest absolute Gasteiger partial charge is 0.253 e. The molecule has 4 heteroatoms. The predicted molar refractivity (Wildman–Crippen MR) is 52.5 cm³/mol. The Hall–Kier alpha value is -0.540. The lowest BCUT2D eigenvalue weighted by Gasteiger charge is -2.03. The van der Waals surface area contributed by atoms with Crippen LogP contribution in [-0.4, -0.2) is 13.0 Å². The number of amides is 1. The summed E-state index contributed by atoms with van der Waals surface area (Å²) in [5.41, 5.74) is 0.474. The number of nitrogens with one attached hydrogen (secondary N) is 1. The van der Waals surface area contributed by atoms with E-state index in [4.69, 9.17) is 11.6 Å². The van der Waals surface area contributed by atoms with E-state index in [1.54, 1.807) is 25.2 Å². The lowest BCUT2D eigenvalue weighted by atomic mass is 10.2. The number of hydrogen-bond acceptors (Lipinski definition) is 1. The molecule has 0 fully saturated rings. The Labute approximate surface area is 84.0 Å². The second kappa shape index (κ2) is 3.92. The van der Waals surface area contributed by atoms with Crippen molar-refractivity contribution in [2.75, 3.05) is 7.05 Å². The van der Waals surface area contributed by atoms with Crippen LogP contribution in [-0.2, 0) is 0 Å². The van der Waals surface area contributed by atoms with Crippen LogP contribution < -0.4 is 5.32 Å². The van der Waals surface area contributed by atoms with E-state index in [9.17, 15) is 4.79 Å². The lowest BCUT2D eigenvalue weighted by Crippen LogP contribution is -2.18. The van der Waals surface area contributed by atoms with Gasteiger partial charge in [0.05, 0.1) is 10.6 Å². The van der Waals surface area contributed by atoms with Crippen LogP contribution in [0.25, 0.3) is 0 Å². The molecule has 0 spiro atoms. The molecule has 1 N–H and O–H groups in total. The SMILES string of the molecule is CNC(=O)c1c(Cl)cccc1Br. The average Bonchev–Trinajstić information content (AvgIpc) is 2.03. The summed E-state index contributed by atoms with van der Waals surface area (Å²) < 4.78 is 0.703. The van der Waals surface area contributed by atoms with Gasteiger partial charge >= 0.3 is 0 Å². The number of halogens is 2. The van der Waals surface area contributed by atoms with E-state index in [-0.39, 0.29) is 5.91 Å². The Morgan fingerprint density at radius 2 is 2.25 bits per heavy atom. The van der Waals surface area contributed by atoms with Gasteiger partial charge in [-0.05, 0) is 28.1 Å². The summed E-state index contributed by atoms with van der Waals surface area (Å²) in [5.74, 6) is -0.188. The third kappa shape index (κ3) is 1.79. The van der Waals surface area contributed by atoms with E-state index >= 15 is 0 Å². The second-order valence-corrected chi connectivity index (χ2v) is 3.44. The quantitative estimate of drug-likeness (QED) is 0.813. The maximum Gasteiger partial charge on any atom is 0.253 e. The first-order chi connectivity index (χ1) is 5.66.